The van der Waals surface area contributed by atoms with Gasteiger partial charge < -0.3 is 10.8 Å². The minimum Gasteiger partial charge on any atom is -0.495 e. The number of hydrogen-bond acceptors (Lipinski definition) is 2. The molecule has 2 heteroatoms. The quantitative estimate of drug-likeness (QED) is 0.302. The van der Waals surface area contributed by atoms with Crippen LogP contribution in [0.25, 0.3) is 0 Å². The van der Waals surface area contributed by atoms with Crippen LogP contribution in [0.1, 0.15) is 6.92 Å². The monoisotopic (exact) mass is 111 g/mol. The van der Waals surface area contributed by atoms with E-state index in [-0.39, 0.29) is 5.88 Å². The van der Waals surface area contributed by atoms with E-state index >= 15 is 0 Å². The van der Waals surface area contributed by atoms with Crippen LogP contribution < -0.4 is 5.73 Å². The first-order chi connectivity index (χ1) is 3.68. The van der Waals surface area contributed by atoms with Gasteiger partial charge in [0.05, 0.1) is 0 Å². The number of allylic oxidation sites excluding steroid dienone is 2. The van der Waals surface area contributed by atoms with Gasteiger partial charge in [-0.25, -0.2) is 0 Å². The van der Waals surface area contributed by atoms with Crippen molar-refractivity contribution in [3.63, 3.8) is 0 Å². The van der Waals surface area contributed by atoms with Crippen LogP contribution in [0.15, 0.2) is 29.8 Å². The van der Waals surface area contributed by atoms with Crippen molar-refractivity contribution in [2.75, 3.05) is 0 Å². The van der Waals surface area contributed by atoms with E-state index in [0.29, 0.717) is 5.57 Å². The molecule has 0 unspecified atom stereocenters. The van der Waals surface area contributed by atoms with Gasteiger partial charge in [-0.2, -0.15) is 0 Å². The molecular weight excluding hydrogens is 102 g/mol. The van der Waals surface area contributed by atoms with Crippen LogP contribution in [0.5, 0.6) is 0 Å². The molecule has 0 atom stereocenters. The number of rotatable bonds is 1. The molecule has 0 rings (SSSR count). The number of hydrogen-bond donors (Lipinski definition) is 2. The van der Waals surface area contributed by atoms with E-state index in [0.717, 1.165) is 0 Å². The van der Waals surface area contributed by atoms with Crippen LogP contribution in [0, 0.1) is 0 Å². The zero-order valence-electron chi connectivity index (χ0n) is 4.81. The molecule has 0 aliphatic heterocycles. The van der Waals surface area contributed by atoms with Crippen LogP contribution in [0.4, 0.5) is 0 Å². The summed E-state index contributed by atoms with van der Waals surface area (Å²) >= 11 is 0. The second kappa shape index (κ2) is 2.94. The van der Waals surface area contributed by atoms with Crippen molar-refractivity contribution in [1.82, 2.24) is 0 Å². The Morgan fingerprint density at radius 3 is 2.50 bits per heavy atom. The summed E-state index contributed by atoms with van der Waals surface area (Å²) in [6.45, 7) is 4.98. The maximum Gasteiger partial charge on any atom is 0.185 e. The van der Waals surface area contributed by atoms with E-state index in [4.69, 9.17) is 10.8 Å². The molecule has 0 aliphatic carbocycles. The van der Waals surface area contributed by atoms with Gasteiger partial charge >= 0.3 is 0 Å². The van der Waals surface area contributed by atoms with Gasteiger partial charge in [-0.1, -0.05) is 6.58 Å². The van der Waals surface area contributed by atoms with Crippen LogP contribution >= 0.6 is 0 Å². The third-order valence-corrected chi connectivity index (χ3v) is 0.723. The molecule has 0 aromatic rings. The molecule has 0 heterocycles. The summed E-state index contributed by atoms with van der Waals surface area (Å²) in [7, 11) is 0. The molecule has 0 saturated carbocycles. The molecule has 0 aliphatic rings. The van der Waals surface area contributed by atoms with Gasteiger partial charge in [0.1, 0.15) is 0 Å². The maximum atomic E-state index is 8.51. The fraction of sp³-hybridized carbons (Fsp3) is 0.167. The van der Waals surface area contributed by atoms with Crippen LogP contribution in [-0.2, 0) is 0 Å². The average Bonchev–Trinajstić information content (AvgIpc) is 1.67. The maximum absolute atomic E-state index is 8.51. The van der Waals surface area contributed by atoms with E-state index in [1.165, 1.54) is 6.08 Å². The van der Waals surface area contributed by atoms with Gasteiger partial charge in [0, 0.05) is 5.57 Å². The Hall–Kier alpha value is -1.14. The van der Waals surface area contributed by atoms with Crippen LogP contribution in [-0.4, -0.2) is 5.11 Å². The van der Waals surface area contributed by atoms with Gasteiger partial charge in [0.25, 0.3) is 0 Å². The first kappa shape index (κ1) is 6.86. The van der Waals surface area contributed by atoms with Crippen molar-refractivity contribution in [3.05, 3.63) is 29.8 Å². The fourth-order valence-corrected chi connectivity index (χ4v) is 0.227. The predicted octanol–water partition coefficient (Wildman–Crippen LogP) is 1.08. The Kier molecular flexibility index (Phi) is 2.52. The summed E-state index contributed by atoms with van der Waals surface area (Å²) < 4.78 is 0. The minimum absolute atomic E-state index is 0.179. The van der Waals surface area contributed by atoms with Crippen LogP contribution in [0.2, 0.25) is 0 Å². The van der Waals surface area contributed by atoms with Crippen molar-refractivity contribution in [3.8, 4) is 0 Å². The largest absolute Gasteiger partial charge is 0.495 e. The summed E-state index contributed by atoms with van der Waals surface area (Å²) in [5, 5.41) is 8.51. The molecule has 3 N–H and O–H groups in total. The standard InChI is InChI=1S/C6H9NO/c1-3-4-5(2)6(7)8/h4,8H,1,7H2,2H3/b6-5+. The van der Waals surface area contributed by atoms with Gasteiger partial charge in [0.2, 0.25) is 0 Å². The normalized spacial score (nSPS) is 11.6. The first-order valence-corrected chi connectivity index (χ1v) is 2.19. The van der Waals surface area contributed by atoms with Crippen LogP contribution in [0.3, 0.4) is 0 Å². The molecule has 2 nitrogen and oxygen atoms in total. The molecular formula is C6H9NO. The van der Waals surface area contributed by atoms with Gasteiger partial charge in [-0.05, 0) is 13.0 Å². The Morgan fingerprint density at radius 2 is 2.38 bits per heavy atom. The number of aliphatic hydroxyl groups excluding tert-OH is 1. The smallest absolute Gasteiger partial charge is 0.185 e. The van der Waals surface area contributed by atoms with E-state index in [1.807, 2.05) is 0 Å². The third-order valence-electron chi connectivity index (χ3n) is 0.723. The summed E-state index contributed by atoms with van der Waals surface area (Å²) in [6, 6.07) is 0. The first-order valence-electron chi connectivity index (χ1n) is 2.19. The average molecular weight is 111 g/mol. The highest BCUT2D eigenvalue weighted by Crippen LogP contribution is 1.93. The van der Waals surface area contributed by atoms with Crippen molar-refractivity contribution in [1.29, 1.82) is 0 Å². The summed E-state index contributed by atoms with van der Waals surface area (Å²) in [5.41, 5.74) is 8.02. The topological polar surface area (TPSA) is 46.2 Å². The number of nitrogens with two attached hydrogens (primary N) is 1. The Morgan fingerprint density at radius 1 is 1.88 bits per heavy atom. The Balaban J connectivity index is 4.22. The van der Waals surface area contributed by atoms with Gasteiger partial charge in [0.15, 0.2) is 5.88 Å². The molecule has 8 heavy (non-hydrogen) atoms. The summed E-state index contributed by atoms with van der Waals surface area (Å²) in [5.74, 6) is -0.179. The van der Waals surface area contributed by atoms with Crippen molar-refractivity contribution >= 4 is 0 Å². The van der Waals surface area contributed by atoms with Gasteiger partial charge in [-0.15, -0.1) is 5.73 Å². The van der Waals surface area contributed by atoms with E-state index in [2.05, 4.69) is 12.3 Å². The lowest BCUT2D eigenvalue weighted by atomic mass is 10.3. The predicted molar refractivity (Wildman–Crippen MR) is 33.2 cm³/mol. The zero-order chi connectivity index (χ0) is 6.57. The molecule has 0 aromatic carbocycles. The summed E-state index contributed by atoms with van der Waals surface area (Å²) in [4.78, 5) is 0. The second-order valence-corrected chi connectivity index (χ2v) is 1.42. The lowest BCUT2D eigenvalue weighted by Crippen LogP contribution is -1.96. The van der Waals surface area contributed by atoms with Crippen molar-refractivity contribution in [2.45, 2.75) is 6.92 Å². The van der Waals surface area contributed by atoms with E-state index in [1.54, 1.807) is 6.92 Å². The Bertz CT molecular complexity index is 148. The van der Waals surface area contributed by atoms with Crippen molar-refractivity contribution in [2.24, 2.45) is 5.73 Å². The zero-order valence-corrected chi connectivity index (χ0v) is 4.81. The molecule has 0 spiro atoms. The van der Waals surface area contributed by atoms with Crippen molar-refractivity contribution < 1.29 is 5.11 Å². The lowest BCUT2D eigenvalue weighted by Gasteiger charge is -1.89. The highest BCUT2D eigenvalue weighted by molar-refractivity contribution is 5.15. The second-order valence-electron chi connectivity index (χ2n) is 1.42. The molecule has 0 radical (unpaired) electrons. The number of aliphatic hydroxyl groups is 1. The summed E-state index contributed by atoms with van der Waals surface area (Å²) in [6.07, 6.45) is 1.51. The molecule has 0 amide bonds. The molecule has 0 saturated heterocycles. The molecule has 0 aromatic heterocycles. The molecule has 44 valence electrons. The lowest BCUT2D eigenvalue weighted by molar-refractivity contribution is 0.400. The highest BCUT2D eigenvalue weighted by Gasteiger charge is 1.84. The Labute approximate surface area is 48.6 Å². The SMILES string of the molecule is C=C=C/C(C)=C(\N)O. The van der Waals surface area contributed by atoms with E-state index < -0.39 is 0 Å². The minimum atomic E-state index is -0.179. The van der Waals surface area contributed by atoms with Gasteiger partial charge in [-0.3, -0.25) is 0 Å². The van der Waals surface area contributed by atoms with E-state index in [9.17, 15) is 0 Å². The third kappa shape index (κ3) is 2.11. The molecule has 0 bridgehead atoms. The highest BCUT2D eigenvalue weighted by atomic mass is 16.3. The molecule has 0 fully saturated rings. The fourth-order valence-electron chi connectivity index (χ4n) is 0.227.